The normalized spacial score (nSPS) is 26.8. The number of fused-ring (bicyclic) bond motifs is 2. The van der Waals surface area contributed by atoms with Crippen LogP contribution in [-0.4, -0.2) is 43.1 Å². The van der Waals surface area contributed by atoms with E-state index in [1.165, 1.54) is 25.3 Å². The molecule has 2 aliphatic heterocycles. The topological polar surface area (TPSA) is 63.5 Å². The van der Waals surface area contributed by atoms with Crippen molar-refractivity contribution in [1.29, 1.82) is 5.26 Å². The number of nitriles is 1. The minimum Gasteiger partial charge on any atom is -0.354 e. The predicted octanol–water partition coefficient (Wildman–Crippen LogP) is 2.38. The van der Waals surface area contributed by atoms with Crippen LogP contribution in [0.25, 0.3) is 0 Å². The molecule has 5 nitrogen and oxygen atoms in total. The van der Waals surface area contributed by atoms with Crippen molar-refractivity contribution in [2.24, 2.45) is 4.99 Å². The molecule has 2 aliphatic rings. The van der Waals surface area contributed by atoms with Crippen LogP contribution >= 0.6 is 0 Å². The lowest BCUT2D eigenvalue weighted by Gasteiger charge is -2.47. The number of halogens is 1. The van der Waals surface area contributed by atoms with Crippen LogP contribution in [0.4, 0.5) is 4.39 Å². The zero-order chi connectivity index (χ0) is 17.8. The SMILES string of the molecule is CN=C(NCc1ccc(C#N)cc1F)NC1CC2CCCC(C1)N2C. The molecule has 0 radical (unpaired) electrons. The van der Waals surface area contributed by atoms with Gasteiger partial charge in [-0.15, -0.1) is 0 Å². The molecule has 2 saturated heterocycles. The molecule has 3 rings (SSSR count). The van der Waals surface area contributed by atoms with Gasteiger partial charge in [0.1, 0.15) is 5.82 Å². The summed E-state index contributed by atoms with van der Waals surface area (Å²) in [6, 6.07) is 8.21. The van der Waals surface area contributed by atoms with Gasteiger partial charge in [0.15, 0.2) is 5.96 Å². The largest absolute Gasteiger partial charge is 0.354 e. The number of hydrogen-bond acceptors (Lipinski definition) is 3. The minimum atomic E-state index is -0.365. The summed E-state index contributed by atoms with van der Waals surface area (Å²) < 4.78 is 14.0. The highest BCUT2D eigenvalue weighted by Gasteiger charge is 2.36. The molecule has 0 aliphatic carbocycles. The first-order chi connectivity index (χ1) is 12.1. The summed E-state index contributed by atoms with van der Waals surface area (Å²) in [6.45, 7) is 0.344. The van der Waals surface area contributed by atoms with Gasteiger partial charge < -0.3 is 15.5 Å². The number of nitrogens with zero attached hydrogens (tertiary/aromatic N) is 3. The monoisotopic (exact) mass is 343 g/mol. The van der Waals surface area contributed by atoms with Gasteiger partial charge in [-0.3, -0.25) is 4.99 Å². The molecule has 0 amide bonds. The Balaban J connectivity index is 1.56. The Morgan fingerprint density at radius 2 is 2.08 bits per heavy atom. The first kappa shape index (κ1) is 17.7. The van der Waals surface area contributed by atoms with Crippen molar-refractivity contribution >= 4 is 5.96 Å². The van der Waals surface area contributed by atoms with Gasteiger partial charge in [-0.25, -0.2) is 4.39 Å². The third-order valence-electron chi connectivity index (χ3n) is 5.53. The highest BCUT2D eigenvalue weighted by Crippen LogP contribution is 2.32. The summed E-state index contributed by atoms with van der Waals surface area (Å²) >= 11 is 0. The van der Waals surface area contributed by atoms with E-state index < -0.39 is 0 Å². The summed E-state index contributed by atoms with van der Waals surface area (Å²) in [6.07, 6.45) is 6.12. The summed E-state index contributed by atoms with van der Waals surface area (Å²) in [5, 5.41) is 15.5. The van der Waals surface area contributed by atoms with Gasteiger partial charge in [0, 0.05) is 37.3 Å². The van der Waals surface area contributed by atoms with E-state index in [0.717, 1.165) is 12.8 Å². The van der Waals surface area contributed by atoms with E-state index in [0.29, 0.717) is 41.8 Å². The fourth-order valence-corrected chi connectivity index (χ4v) is 4.06. The van der Waals surface area contributed by atoms with E-state index in [4.69, 9.17) is 5.26 Å². The van der Waals surface area contributed by atoms with Crippen molar-refractivity contribution in [3.05, 3.63) is 35.1 Å². The maximum Gasteiger partial charge on any atom is 0.191 e. The van der Waals surface area contributed by atoms with E-state index in [2.05, 4.69) is 27.6 Å². The predicted molar refractivity (Wildman–Crippen MR) is 96.7 cm³/mol. The zero-order valence-corrected chi connectivity index (χ0v) is 14.9. The first-order valence-electron chi connectivity index (χ1n) is 8.98. The van der Waals surface area contributed by atoms with Gasteiger partial charge in [-0.05, 0) is 44.9 Å². The van der Waals surface area contributed by atoms with Crippen molar-refractivity contribution in [3.63, 3.8) is 0 Å². The second-order valence-electron chi connectivity index (χ2n) is 7.06. The zero-order valence-electron chi connectivity index (χ0n) is 14.9. The fraction of sp³-hybridized carbons (Fsp3) is 0.579. The Morgan fingerprint density at radius 3 is 2.68 bits per heavy atom. The molecule has 2 atom stereocenters. The summed E-state index contributed by atoms with van der Waals surface area (Å²) in [7, 11) is 3.98. The van der Waals surface area contributed by atoms with Gasteiger partial charge in [-0.2, -0.15) is 5.26 Å². The summed E-state index contributed by atoms with van der Waals surface area (Å²) in [4.78, 5) is 6.81. The van der Waals surface area contributed by atoms with E-state index in [-0.39, 0.29) is 5.82 Å². The average molecular weight is 343 g/mol. The Labute approximate surface area is 148 Å². The second kappa shape index (κ2) is 7.83. The molecule has 134 valence electrons. The molecule has 2 bridgehead atoms. The van der Waals surface area contributed by atoms with Crippen molar-refractivity contribution in [3.8, 4) is 6.07 Å². The van der Waals surface area contributed by atoms with Crippen molar-refractivity contribution in [2.75, 3.05) is 14.1 Å². The summed E-state index contributed by atoms with van der Waals surface area (Å²) in [5.74, 6) is 0.340. The number of nitrogens with one attached hydrogen (secondary N) is 2. The van der Waals surface area contributed by atoms with Crippen LogP contribution in [0.5, 0.6) is 0 Å². The van der Waals surface area contributed by atoms with Gasteiger partial charge in [0.2, 0.25) is 0 Å². The molecule has 6 heteroatoms. The Bertz CT molecular complexity index is 667. The average Bonchev–Trinajstić information content (AvgIpc) is 2.60. The molecule has 0 aromatic heterocycles. The van der Waals surface area contributed by atoms with Gasteiger partial charge in [0.05, 0.1) is 11.6 Å². The standard InChI is InChI=1S/C19H26FN5/c1-22-19(23-12-14-7-6-13(11-21)8-18(14)20)24-15-9-16-4-3-5-17(10-15)25(16)2/h6-8,15-17H,3-5,9-10,12H2,1-2H3,(H2,22,23,24). The minimum absolute atomic E-state index is 0.335. The van der Waals surface area contributed by atoms with Crippen LogP contribution < -0.4 is 10.6 Å². The maximum absolute atomic E-state index is 14.0. The lowest BCUT2D eigenvalue weighted by Crippen LogP contribution is -2.56. The number of benzene rings is 1. The number of hydrogen-bond donors (Lipinski definition) is 2. The van der Waals surface area contributed by atoms with Crippen LogP contribution in [-0.2, 0) is 6.54 Å². The lowest BCUT2D eigenvalue weighted by molar-refractivity contribution is 0.0526. The van der Waals surface area contributed by atoms with Crippen LogP contribution in [0.3, 0.4) is 0 Å². The third-order valence-corrected chi connectivity index (χ3v) is 5.53. The lowest BCUT2D eigenvalue weighted by atomic mass is 9.82. The van der Waals surface area contributed by atoms with Crippen molar-refractivity contribution < 1.29 is 4.39 Å². The molecule has 2 N–H and O–H groups in total. The van der Waals surface area contributed by atoms with Crippen LogP contribution in [0, 0.1) is 17.1 Å². The van der Waals surface area contributed by atoms with Crippen LogP contribution in [0.1, 0.15) is 43.2 Å². The van der Waals surface area contributed by atoms with E-state index in [9.17, 15) is 4.39 Å². The Kier molecular flexibility index (Phi) is 5.54. The molecule has 2 unspecified atom stereocenters. The van der Waals surface area contributed by atoms with E-state index >= 15 is 0 Å². The number of guanidine groups is 1. The van der Waals surface area contributed by atoms with Crippen molar-refractivity contribution in [1.82, 2.24) is 15.5 Å². The van der Waals surface area contributed by atoms with E-state index in [1.807, 2.05) is 6.07 Å². The number of rotatable bonds is 3. The second-order valence-corrected chi connectivity index (χ2v) is 7.06. The van der Waals surface area contributed by atoms with Gasteiger partial charge in [0.25, 0.3) is 0 Å². The number of piperidine rings is 2. The van der Waals surface area contributed by atoms with Crippen LogP contribution in [0.15, 0.2) is 23.2 Å². The molecule has 0 saturated carbocycles. The molecule has 2 fully saturated rings. The molecule has 25 heavy (non-hydrogen) atoms. The highest BCUT2D eigenvalue weighted by molar-refractivity contribution is 5.80. The molecular formula is C19H26FN5. The Hall–Kier alpha value is -2.13. The summed E-state index contributed by atoms with van der Waals surface area (Å²) in [5.41, 5.74) is 0.865. The molecule has 1 aromatic carbocycles. The maximum atomic E-state index is 14.0. The molecule has 2 heterocycles. The smallest absolute Gasteiger partial charge is 0.191 e. The molecule has 1 aromatic rings. The third kappa shape index (κ3) is 4.10. The molecule has 0 spiro atoms. The Morgan fingerprint density at radius 1 is 1.36 bits per heavy atom. The first-order valence-corrected chi connectivity index (χ1v) is 8.98. The van der Waals surface area contributed by atoms with Gasteiger partial charge >= 0.3 is 0 Å². The van der Waals surface area contributed by atoms with E-state index in [1.54, 1.807) is 19.2 Å². The van der Waals surface area contributed by atoms with Gasteiger partial charge in [-0.1, -0.05) is 12.5 Å². The highest BCUT2D eigenvalue weighted by atomic mass is 19.1. The number of aliphatic imine (C=N–C) groups is 1. The fourth-order valence-electron chi connectivity index (χ4n) is 4.06. The van der Waals surface area contributed by atoms with Crippen molar-refractivity contribution in [2.45, 2.75) is 56.8 Å². The van der Waals surface area contributed by atoms with Crippen LogP contribution in [0.2, 0.25) is 0 Å². The molecular weight excluding hydrogens is 317 g/mol. The quantitative estimate of drug-likeness (QED) is 0.653.